The number of allylic oxidation sites excluding steroid dienone is 4. The monoisotopic (exact) mass is 478 g/mol. The average Bonchev–Trinajstić information content (AvgIpc) is 3.52. The number of cyclic esters (lactones) is 1. The van der Waals surface area contributed by atoms with Gasteiger partial charge in [-0.2, -0.15) is 0 Å². The molecule has 0 aromatic rings. The summed E-state index contributed by atoms with van der Waals surface area (Å²) in [5.41, 5.74) is -2.70. The van der Waals surface area contributed by atoms with Crippen LogP contribution in [0.4, 0.5) is 0 Å². The van der Waals surface area contributed by atoms with Crippen molar-refractivity contribution in [2.75, 3.05) is 0 Å². The molecule has 3 saturated carbocycles. The normalized spacial score (nSPS) is 53.0. The third-order valence-electron chi connectivity index (χ3n) is 10.9. The Labute approximate surface area is 224 Å². The van der Waals surface area contributed by atoms with Gasteiger partial charge in [0.2, 0.25) is 11.4 Å². The third-order valence-corrected chi connectivity index (χ3v) is 10.9. The number of rotatable bonds is 2. The number of aliphatic hydroxyl groups is 2. The van der Waals surface area contributed by atoms with Crippen LogP contribution in [-0.4, -0.2) is 45.1 Å². The van der Waals surface area contributed by atoms with Crippen LogP contribution < -0.4 is 29.6 Å². The van der Waals surface area contributed by atoms with Crippen LogP contribution in [0.1, 0.15) is 67.1 Å². The van der Waals surface area contributed by atoms with E-state index in [1.807, 2.05) is 6.08 Å². The van der Waals surface area contributed by atoms with Gasteiger partial charge in [0.15, 0.2) is 5.78 Å². The summed E-state index contributed by atoms with van der Waals surface area (Å²) in [7, 11) is 0. The number of Topliss-reactive ketones (excluding diaryl/α,β-unsaturated/α-hetero) is 1. The Bertz CT molecular complexity index is 1040. The molecule has 4 fully saturated rings. The van der Waals surface area contributed by atoms with Gasteiger partial charge in [-0.3, -0.25) is 14.4 Å². The summed E-state index contributed by atoms with van der Waals surface area (Å²) in [5.74, 6) is 0.0148. The maximum Gasteiger partial charge on any atom is 1.00 e. The zero-order valence-electron chi connectivity index (χ0n) is 21.7. The van der Waals surface area contributed by atoms with E-state index in [4.69, 9.17) is 4.74 Å². The third kappa shape index (κ3) is 2.73. The van der Waals surface area contributed by atoms with E-state index in [2.05, 4.69) is 26.0 Å². The second kappa shape index (κ2) is 7.61. The first-order valence-corrected chi connectivity index (χ1v) is 12.6. The summed E-state index contributed by atoms with van der Waals surface area (Å²) in [4.78, 5) is 37.9. The van der Waals surface area contributed by atoms with Crippen LogP contribution in [0.5, 0.6) is 0 Å². The van der Waals surface area contributed by atoms with E-state index >= 15 is 0 Å². The van der Waals surface area contributed by atoms with Gasteiger partial charge < -0.3 is 16.4 Å². The van der Waals surface area contributed by atoms with Crippen molar-refractivity contribution in [3.05, 3.63) is 23.8 Å². The first-order valence-electron chi connectivity index (χ1n) is 12.6. The van der Waals surface area contributed by atoms with Crippen LogP contribution in [0.2, 0.25) is 0 Å². The van der Waals surface area contributed by atoms with Gasteiger partial charge >= 0.3 is 35.5 Å². The summed E-state index contributed by atoms with van der Waals surface area (Å²) in [6.07, 6.45) is 8.46. The number of hydrogen-bond acceptors (Lipinski definition) is 6. The Morgan fingerprint density at radius 1 is 1.18 bits per heavy atom. The first kappa shape index (κ1) is 24.9. The van der Waals surface area contributed by atoms with Gasteiger partial charge in [0, 0.05) is 11.8 Å². The van der Waals surface area contributed by atoms with Crippen molar-refractivity contribution in [3.63, 3.8) is 0 Å². The minimum absolute atomic E-state index is 0. The summed E-state index contributed by atoms with van der Waals surface area (Å²) < 4.78 is 5.79. The maximum absolute atomic E-state index is 13.4. The van der Waals surface area contributed by atoms with E-state index in [9.17, 15) is 24.6 Å². The van der Waals surface area contributed by atoms with Crippen LogP contribution in [0.25, 0.3) is 0 Å². The molecule has 0 spiro atoms. The predicted octanol–water partition coefficient (Wildman–Crippen LogP) is 0.0235. The molecule has 1 heterocycles. The van der Waals surface area contributed by atoms with Crippen molar-refractivity contribution in [1.29, 1.82) is 0 Å². The number of carbonyl (C=O) groups is 3. The molecule has 6 rings (SSSR count). The maximum atomic E-state index is 13.4. The number of carbonyl (C=O) groups excluding carboxylic acids is 3. The summed E-state index contributed by atoms with van der Waals surface area (Å²) in [6, 6.07) is 0. The fraction of sp³-hybridized carbons (Fsp3) is 0.741. The summed E-state index contributed by atoms with van der Waals surface area (Å²) >= 11 is 0. The van der Waals surface area contributed by atoms with Crippen molar-refractivity contribution >= 4 is 17.5 Å². The average molecular weight is 479 g/mol. The molecule has 7 heteroatoms. The first-order chi connectivity index (χ1) is 15.5. The van der Waals surface area contributed by atoms with Crippen molar-refractivity contribution in [2.24, 2.45) is 40.4 Å². The van der Waals surface area contributed by atoms with Crippen LogP contribution in [0.3, 0.4) is 0 Å². The molecule has 0 radical (unpaired) electrons. The van der Waals surface area contributed by atoms with Crippen LogP contribution in [-0.2, 0) is 19.1 Å². The van der Waals surface area contributed by atoms with Gasteiger partial charge in [-0.1, -0.05) is 32.9 Å². The van der Waals surface area contributed by atoms with E-state index in [-0.39, 0.29) is 78.7 Å². The number of esters is 1. The molecular weight excluding hydrogens is 443 g/mol. The van der Waals surface area contributed by atoms with Gasteiger partial charge in [0.05, 0.1) is 6.42 Å². The molecule has 1 aliphatic heterocycles. The largest absolute Gasteiger partial charge is 1.00 e. The van der Waals surface area contributed by atoms with E-state index in [1.165, 1.54) is 0 Å². The van der Waals surface area contributed by atoms with Crippen molar-refractivity contribution < 1.29 is 60.3 Å². The number of ketones is 2. The van der Waals surface area contributed by atoms with Crippen molar-refractivity contribution in [1.82, 2.24) is 0 Å². The second-order valence-electron chi connectivity index (χ2n) is 12.0. The Kier molecular flexibility index (Phi) is 5.57. The van der Waals surface area contributed by atoms with Gasteiger partial charge in [-0.15, -0.1) is 0 Å². The summed E-state index contributed by atoms with van der Waals surface area (Å²) in [5, 5.41) is 23.0. The zero-order valence-corrected chi connectivity index (χ0v) is 22.7. The van der Waals surface area contributed by atoms with Crippen LogP contribution in [0.15, 0.2) is 23.8 Å². The molecule has 0 bridgehead atoms. The van der Waals surface area contributed by atoms with Gasteiger partial charge in [0.25, 0.3) is 0 Å². The molecule has 6 nitrogen and oxygen atoms in total. The standard InChI is InChI=1S/C27H34O6.Na.H/c1-4-26(23(31)20(29)13-21(30)33-26)27(32)19-12-17(19)22-16-6-5-14-11-15(28)7-9-24(14,2)18(16)8-10-25(22,27)3;;/h5-6,11,16-20,22,29,32H,4,7-10,12-13H2,1-3H3;;/q;+1;-1/t16-,17-,18+,19+,20?,22?,24-,25-,26-,27-;;/m0../s1. The molecule has 0 amide bonds. The minimum Gasteiger partial charge on any atom is -1.00 e. The Hall–Kier alpha value is -0.790. The van der Waals surface area contributed by atoms with Crippen molar-refractivity contribution in [2.45, 2.75) is 83.0 Å². The van der Waals surface area contributed by atoms with Crippen LogP contribution in [0, 0.1) is 40.4 Å². The molecule has 0 aromatic heterocycles. The quantitative estimate of drug-likeness (QED) is 0.429. The van der Waals surface area contributed by atoms with E-state index < -0.39 is 34.5 Å². The Morgan fingerprint density at radius 2 is 1.91 bits per heavy atom. The molecule has 6 aliphatic rings. The van der Waals surface area contributed by atoms with Gasteiger partial charge in [-0.25, -0.2) is 0 Å². The number of fused-ring (bicyclic) bond motifs is 7. The Morgan fingerprint density at radius 3 is 2.62 bits per heavy atom. The van der Waals surface area contributed by atoms with E-state index in [0.29, 0.717) is 12.3 Å². The zero-order chi connectivity index (χ0) is 23.6. The smallest absolute Gasteiger partial charge is 1.00 e. The number of hydrogen-bond donors (Lipinski definition) is 2. The molecule has 180 valence electrons. The minimum atomic E-state index is -1.69. The second-order valence-corrected chi connectivity index (χ2v) is 12.0. The molecule has 5 aliphatic carbocycles. The Balaban J connectivity index is 0.00000144. The van der Waals surface area contributed by atoms with Crippen molar-refractivity contribution in [3.8, 4) is 0 Å². The molecule has 1 saturated heterocycles. The molecular formula is C27H35NaO6. The molecule has 34 heavy (non-hydrogen) atoms. The fourth-order valence-corrected chi connectivity index (χ4v) is 9.34. The number of aliphatic hydroxyl groups excluding tert-OH is 1. The van der Waals surface area contributed by atoms with Gasteiger partial charge in [-0.05, 0) is 78.8 Å². The molecule has 10 atom stereocenters. The van der Waals surface area contributed by atoms with E-state index in [0.717, 1.165) is 31.3 Å². The summed E-state index contributed by atoms with van der Waals surface area (Å²) in [6.45, 7) is 6.15. The van der Waals surface area contributed by atoms with Gasteiger partial charge in [0.1, 0.15) is 11.7 Å². The fourth-order valence-electron chi connectivity index (χ4n) is 9.34. The molecule has 2 N–H and O–H groups in total. The predicted molar refractivity (Wildman–Crippen MR) is 120 cm³/mol. The van der Waals surface area contributed by atoms with E-state index in [1.54, 1.807) is 6.92 Å². The number of ether oxygens (including phenoxy) is 1. The SMILES string of the molecule is CC[C@]1([C@]2(O)[C@@H]3C[C@@H]3C3[C@H]4C=CC5=CC(=O)CC[C@]5(C)[C@@H]4CC[C@@]32C)OC(=O)CC(O)C1=O.[H-].[Na+]. The molecule has 2 unspecified atom stereocenters. The molecule has 0 aromatic carbocycles. The van der Waals surface area contributed by atoms with Crippen LogP contribution >= 0.6 is 0 Å². The topological polar surface area (TPSA) is 101 Å².